The van der Waals surface area contributed by atoms with Gasteiger partial charge in [0.05, 0.1) is 0 Å². The Kier molecular flexibility index (Phi) is 119. The van der Waals surface area contributed by atoms with E-state index in [1.807, 2.05) is 0 Å². The Labute approximate surface area is 170 Å². The SMILES string of the molecule is N.N.O=C(O)O.O=C(O)O.O=C(O)O.O=C(O)O.O=C(O)O.[Zr].[Zr]. The van der Waals surface area contributed by atoms with Gasteiger partial charge in [-0.2, -0.15) is 0 Å². The first-order chi connectivity index (χ1) is 8.66. The fraction of sp³-hybridized carbons (Fsp3) is 0. The molecule has 16 N–H and O–H groups in total. The van der Waals surface area contributed by atoms with Crippen molar-refractivity contribution in [3.05, 3.63) is 0 Å². The van der Waals surface area contributed by atoms with Crippen molar-refractivity contribution in [1.82, 2.24) is 12.3 Å². The standard InChI is InChI=1S/5CH2O3.2H3N.2Zr/c5*2-1(3)4;;;;/h5*(H2,2,3,4);2*1H3;;. The quantitative estimate of drug-likeness (QED) is 0.212. The zero-order valence-corrected chi connectivity index (χ0v) is 16.3. The molecule has 144 valence electrons. The van der Waals surface area contributed by atoms with Crippen LogP contribution in [0, 0.1) is 0 Å². The van der Waals surface area contributed by atoms with Gasteiger partial charge in [-0.25, -0.2) is 24.0 Å². The van der Waals surface area contributed by atoms with E-state index in [0.29, 0.717) is 0 Å². The van der Waals surface area contributed by atoms with Crippen molar-refractivity contribution in [2.24, 2.45) is 0 Å². The minimum Gasteiger partial charge on any atom is -0.450 e. The summed E-state index contributed by atoms with van der Waals surface area (Å²) >= 11 is 0. The molecule has 0 aliphatic heterocycles. The molecule has 0 atom stereocenters. The van der Waals surface area contributed by atoms with Crippen LogP contribution in [-0.2, 0) is 52.4 Å². The fourth-order valence-electron chi connectivity index (χ4n) is 0. The Morgan fingerprint density at radius 3 is 0.333 bits per heavy atom. The van der Waals surface area contributed by atoms with Crippen LogP contribution in [0.4, 0.5) is 24.0 Å². The van der Waals surface area contributed by atoms with E-state index in [9.17, 15) is 0 Å². The van der Waals surface area contributed by atoms with Gasteiger partial charge in [0.2, 0.25) is 0 Å². The molecule has 0 aromatic rings. The van der Waals surface area contributed by atoms with Gasteiger partial charge in [-0.3, -0.25) is 0 Å². The molecular weight excluding hydrogens is 511 g/mol. The van der Waals surface area contributed by atoms with E-state index < -0.39 is 30.8 Å². The maximum Gasteiger partial charge on any atom is 0.503 e. The van der Waals surface area contributed by atoms with Gasteiger partial charge in [-0.05, 0) is 0 Å². The van der Waals surface area contributed by atoms with Crippen LogP contribution in [0.1, 0.15) is 0 Å². The van der Waals surface area contributed by atoms with Crippen LogP contribution in [0.2, 0.25) is 0 Å². The molecular formula is C5H16N2O15Zr2. The van der Waals surface area contributed by atoms with Crippen LogP contribution in [-0.4, -0.2) is 81.8 Å². The molecule has 0 heterocycles. The van der Waals surface area contributed by atoms with E-state index in [4.69, 9.17) is 75.0 Å². The summed E-state index contributed by atoms with van der Waals surface area (Å²) in [6, 6.07) is 0. The van der Waals surface area contributed by atoms with Crippen molar-refractivity contribution < 1.29 is 127 Å². The van der Waals surface area contributed by atoms with Crippen LogP contribution in [0.3, 0.4) is 0 Å². The maximum absolute atomic E-state index is 8.56. The van der Waals surface area contributed by atoms with E-state index in [1.54, 1.807) is 0 Å². The number of rotatable bonds is 0. The average Bonchev–Trinajstić information content (AvgIpc) is 1.94. The molecule has 0 radical (unpaired) electrons. The molecule has 0 bridgehead atoms. The van der Waals surface area contributed by atoms with E-state index in [-0.39, 0.29) is 64.7 Å². The normalized spacial score (nSPS) is 5.00. The maximum atomic E-state index is 8.56. The molecule has 17 nitrogen and oxygen atoms in total. The second-order valence-electron chi connectivity index (χ2n) is 1.41. The third-order valence-corrected chi connectivity index (χ3v) is 0. The van der Waals surface area contributed by atoms with Crippen molar-refractivity contribution >= 4 is 30.8 Å². The van der Waals surface area contributed by atoms with Gasteiger partial charge in [-0.15, -0.1) is 0 Å². The Balaban J connectivity index is -0.0000000161. The molecule has 0 fully saturated rings. The van der Waals surface area contributed by atoms with Gasteiger partial charge >= 0.3 is 30.8 Å². The van der Waals surface area contributed by atoms with Crippen LogP contribution in [0.5, 0.6) is 0 Å². The smallest absolute Gasteiger partial charge is 0.450 e. The summed E-state index contributed by atoms with van der Waals surface area (Å²) in [7, 11) is 0. The first-order valence-corrected chi connectivity index (χ1v) is 3.26. The molecule has 0 unspecified atom stereocenters. The first kappa shape index (κ1) is 57.4. The van der Waals surface area contributed by atoms with E-state index >= 15 is 0 Å². The molecule has 0 spiro atoms. The molecule has 0 aliphatic rings. The Morgan fingerprint density at radius 2 is 0.333 bits per heavy atom. The molecule has 0 saturated carbocycles. The topological polar surface area (TPSA) is 358 Å². The van der Waals surface area contributed by atoms with Crippen LogP contribution in [0.25, 0.3) is 0 Å². The third kappa shape index (κ3) is 1880. The molecule has 0 aliphatic carbocycles. The molecule has 0 amide bonds. The molecule has 0 saturated heterocycles. The summed E-state index contributed by atoms with van der Waals surface area (Å²) in [6.45, 7) is 0. The number of carboxylic acid groups (broad SMARTS) is 10. The zero-order chi connectivity index (χ0) is 17.9. The summed E-state index contributed by atoms with van der Waals surface area (Å²) in [4.78, 5) is 42.8. The molecule has 0 aromatic heterocycles. The predicted molar refractivity (Wildman–Crippen MR) is 63.3 cm³/mol. The summed E-state index contributed by atoms with van der Waals surface area (Å²) in [5.41, 5.74) is 0. The van der Waals surface area contributed by atoms with Crippen molar-refractivity contribution in [2.75, 3.05) is 0 Å². The Hall–Kier alpha value is -1.96. The van der Waals surface area contributed by atoms with Crippen molar-refractivity contribution in [1.29, 1.82) is 0 Å². The molecule has 0 aromatic carbocycles. The molecule has 24 heavy (non-hydrogen) atoms. The largest absolute Gasteiger partial charge is 0.503 e. The van der Waals surface area contributed by atoms with E-state index in [2.05, 4.69) is 0 Å². The number of hydrogen-bond donors (Lipinski definition) is 12. The second kappa shape index (κ2) is 49.7. The second-order valence-corrected chi connectivity index (χ2v) is 1.41. The molecule has 0 rings (SSSR count). The van der Waals surface area contributed by atoms with Crippen molar-refractivity contribution in [2.45, 2.75) is 0 Å². The molecule has 19 heteroatoms. The summed E-state index contributed by atoms with van der Waals surface area (Å²) < 4.78 is 0. The zero-order valence-electron chi connectivity index (χ0n) is 11.4. The monoisotopic (exact) mass is 524 g/mol. The van der Waals surface area contributed by atoms with Gasteiger partial charge in [0, 0.05) is 52.4 Å². The van der Waals surface area contributed by atoms with Crippen molar-refractivity contribution in [3.8, 4) is 0 Å². The number of hydrogen-bond acceptors (Lipinski definition) is 7. The van der Waals surface area contributed by atoms with Gasteiger partial charge in [0.25, 0.3) is 0 Å². The summed E-state index contributed by atoms with van der Waals surface area (Å²) in [5, 5.41) is 69.7. The van der Waals surface area contributed by atoms with Crippen molar-refractivity contribution in [3.63, 3.8) is 0 Å². The summed E-state index contributed by atoms with van der Waals surface area (Å²) in [5.74, 6) is 0. The van der Waals surface area contributed by atoms with Gasteiger partial charge in [-0.1, -0.05) is 0 Å². The van der Waals surface area contributed by atoms with Crippen LogP contribution in [0.15, 0.2) is 0 Å². The van der Waals surface area contributed by atoms with Gasteiger partial charge in [0.1, 0.15) is 0 Å². The van der Waals surface area contributed by atoms with E-state index in [0.717, 1.165) is 0 Å². The minimum atomic E-state index is -1.83. The van der Waals surface area contributed by atoms with Crippen LogP contribution < -0.4 is 12.3 Å². The average molecular weight is 527 g/mol. The van der Waals surface area contributed by atoms with E-state index in [1.165, 1.54) is 0 Å². The Morgan fingerprint density at radius 1 is 0.333 bits per heavy atom. The Bertz CT molecular complexity index is 221. The third-order valence-electron chi connectivity index (χ3n) is 0. The first-order valence-electron chi connectivity index (χ1n) is 3.26. The minimum absolute atomic E-state index is 0. The van der Waals surface area contributed by atoms with Gasteiger partial charge < -0.3 is 63.4 Å². The van der Waals surface area contributed by atoms with Crippen LogP contribution >= 0.6 is 0 Å². The summed E-state index contributed by atoms with van der Waals surface area (Å²) in [6.07, 6.45) is -9.17. The number of carbonyl (C=O) groups is 5. The van der Waals surface area contributed by atoms with Gasteiger partial charge in [0.15, 0.2) is 0 Å². The fourth-order valence-corrected chi connectivity index (χ4v) is 0. The predicted octanol–water partition coefficient (Wildman–Crippen LogP) is 1.43.